The summed E-state index contributed by atoms with van der Waals surface area (Å²) in [5.74, 6) is 0.187. The van der Waals surface area contributed by atoms with Gasteiger partial charge in [0, 0.05) is 67.4 Å². The highest BCUT2D eigenvalue weighted by Gasteiger charge is 2.18. The first-order valence-electron chi connectivity index (χ1n) is 15.1. The molecular weight excluding hydrogens is 548 g/mol. The number of piperazine rings is 1. The third kappa shape index (κ3) is 5.43. The second-order valence-electron chi connectivity index (χ2n) is 11.5. The van der Waals surface area contributed by atoms with E-state index in [1.165, 1.54) is 5.56 Å². The Morgan fingerprint density at radius 1 is 0.909 bits per heavy atom. The van der Waals surface area contributed by atoms with E-state index in [4.69, 9.17) is 5.73 Å². The molecule has 4 N–H and O–H groups in total. The zero-order valence-corrected chi connectivity index (χ0v) is 25.0. The zero-order valence-electron chi connectivity index (χ0n) is 25.0. The molecule has 3 aromatic carbocycles. The number of amides is 1. The summed E-state index contributed by atoms with van der Waals surface area (Å²) in [5.41, 5.74) is 13.4. The first kappa shape index (κ1) is 27.8. The molecule has 0 aliphatic carbocycles. The average Bonchev–Trinajstić information content (AvgIpc) is 3.67. The predicted molar refractivity (Wildman–Crippen MR) is 178 cm³/mol. The zero-order chi connectivity index (χ0) is 30.2. The van der Waals surface area contributed by atoms with Gasteiger partial charge >= 0.3 is 6.03 Å². The molecule has 1 aliphatic heterocycles. The molecule has 9 nitrogen and oxygen atoms in total. The van der Waals surface area contributed by atoms with Crippen LogP contribution in [0.1, 0.15) is 18.1 Å². The number of anilines is 2. The summed E-state index contributed by atoms with van der Waals surface area (Å²) >= 11 is 0. The van der Waals surface area contributed by atoms with Crippen molar-refractivity contribution in [3.05, 3.63) is 96.3 Å². The number of aromatic amines is 1. The number of hydrogen-bond acceptors (Lipinski definition) is 6. The molecule has 222 valence electrons. The monoisotopic (exact) mass is 584 g/mol. The summed E-state index contributed by atoms with van der Waals surface area (Å²) in [6.07, 6.45) is 3.67. The summed E-state index contributed by atoms with van der Waals surface area (Å²) in [6, 6.07) is 24.3. The normalized spacial score (nSPS) is 14.4. The van der Waals surface area contributed by atoms with E-state index in [1.54, 1.807) is 4.57 Å². The lowest BCUT2D eigenvalue weighted by atomic mass is 10.0. The number of nitrogens with zero attached hydrogens (tertiary/aromatic N) is 5. The van der Waals surface area contributed by atoms with Gasteiger partial charge < -0.3 is 20.9 Å². The van der Waals surface area contributed by atoms with E-state index in [1.807, 2.05) is 61.8 Å². The third-order valence-electron chi connectivity index (χ3n) is 8.71. The Hall–Kier alpha value is -4.99. The van der Waals surface area contributed by atoms with Gasteiger partial charge in [-0.1, -0.05) is 67.6 Å². The van der Waals surface area contributed by atoms with Gasteiger partial charge in [0.15, 0.2) is 0 Å². The summed E-state index contributed by atoms with van der Waals surface area (Å²) in [4.78, 5) is 30.8. The molecule has 6 aromatic rings. The Labute approximate surface area is 256 Å². The number of nitrogen functional groups attached to an aromatic ring is 1. The van der Waals surface area contributed by atoms with Gasteiger partial charge in [0.05, 0.1) is 5.69 Å². The number of fused-ring (bicyclic) bond motifs is 2. The highest BCUT2D eigenvalue weighted by atomic mass is 16.2. The summed E-state index contributed by atoms with van der Waals surface area (Å²) in [5, 5.41) is 5.96. The Kier molecular flexibility index (Phi) is 7.33. The van der Waals surface area contributed by atoms with E-state index >= 15 is 0 Å². The standard InChI is InChI=1S/C35H36N8O/c1-3-41-15-17-42(18-16-41)20-24-11-13-25(14-12-24)31-19-29-32(39-34(36)40-33(29)37-31)28-9-6-10-30(23(28)2)38-35(44)43-21-26-7-4-5-8-27(26)22-43/h4-14,19,21-22H,3,15-18,20H2,1-2H3,(H,38,44)(H3,36,37,39,40). The van der Waals surface area contributed by atoms with Crippen LogP contribution in [0.3, 0.4) is 0 Å². The van der Waals surface area contributed by atoms with Crippen LogP contribution in [-0.2, 0) is 6.54 Å². The topological polar surface area (TPSA) is 108 Å². The van der Waals surface area contributed by atoms with E-state index in [0.717, 1.165) is 83.5 Å². The number of rotatable bonds is 6. The predicted octanol–water partition coefficient (Wildman–Crippen LogP) is 6.35. The van der Waals surface area contributed by atoms with Crippen molar-refractivity contribution in [1.82, 2.24) is 29.3 Å². The van der Waals surface area contributed by atoms with Crippen LogP contribution in [0, 0.1) is 6.92 Å². The molecule has 7 rings (SSSR count). The third-order valence-corrected chi connectivity index (χ3v) is 8.71. The average molecular weight is 585 g/mol. The maximum atomic E-state index is 13.2. The fourth-order valence-corrected chi connectivity index (χ4v) is 6.11. The molecule has 0 radical (unpaired) electrons. The van der Waals surface area contributed by atoms with Crippen molar-refractivity contribution in [2.75, 3.05) is 43.8 Å². The van der Waals surface area contributed by atoms with Crippen molar-refractivity contribution in [2.45, 2.75) is 20.4 Å². The van der Waals surface area contributed by atoms with Crippen LogP contribution in [0.2, 0.25) is 0 Å². The van der Waals surface area contributed by atoms with Crippen LogP contribution in [0.5, 0.6) is 0 Å². The fourth-order valence-electron chi connectivity index (χ4n) is 6.11. The molecule has 0 atom stereocenters. The fraction of sp³-hybridized carbons (Fsp3) is 0.229. The SMILES string of the molecule is CCN1CCN(Cc2ccc(-c3cc4c(-c5cccc(NC(=O)n6cc7ccccc7c6)c5C)nc(N)nc4[nH]3)cc2)CC1. The molecule has 44 heavy (non-hydrogen) atoms. The highest BCUT2D eigenvalue weighted by Crippen LogP contribution is 2.35. The number of likely N-dealkylation sites (N-methyl/N-ethyl adjacent to an activating group) is 1. The van der Waals surface area contributed by atoms with Gasteiger partial charge in [0.1, 0.15) is 5.65 Å². The van der Waals surface area contributed by atoms with Crippen LogP contribution in [0.25, 0.3) is 44.3 Å². The second-order valence-corrected chi connectivity index (χ2v) is 11.5. The number of nitrogens with two attached hydrogens (primary N) is 1. The van der Waals surface area contributed by atoms with Crippen molar-refractivity contribution in [1.29, 1.82) is 0 Å². The lowest BCUT2D eigenvalue weighted by Crippen LogP contribution is -2.45. The van der Waals surface area contributed by atoms with Crippen molar-refractivity contribution in [3.8, 4) is 22.5 Å². The second kappa shape index (κ2) is 11.6. The largest absolute Gasteiger partial charge is 0.368 e. The van der Waals surface area contributed by atoms with Gasteiger partial charge in [-0.05, 0) is 53.1 Å². The van der Waals surface area contributed by atoms with Gasteiger partial charge in [-0.2, -0.15) is 4.98 Å². The van der Waals surface area contributed by atoms with Crippen molar-refractivity contribution < 1.29 is 4.79 Å². The molecule has 0 spiro atoms. The molecule has 0 bridgehead atoms. The number of carbonyl (C=O) groups excluding carboxylic acids is 1. The summed E-state index contributed by atoms with van der Waals surface area (Å²) in [7, 11) is 0. The smallest absolute Gasteiger partial charge is 0.330 e. The Balaban J connectivity index is 1.15. The highest BCUT2D eigenvalue weighted by molar-refractivity contribution is 5.99. The van der Waals surface area contributed by atoms with E-state index in [0.29, 0.717) is 11.3 Å². The molecule has 1 amide bonds. The molecular formula is C35H36N8O. The van der Waals surface area contributed by atoms with E-state index in [2.05, 4.69) is 67.3 Å². The van der Waals surface area contributed by atoms with Crippen molar-refractivity contribution in [3.63, 3.8) is 0 Å². The van der Waals surface area contributed by atoms with Crippen LogP contribution in [0.4, 0.5) is 16.4 Å². The first-order valence-corrected chi connectivity index (χ1v) is 15.1. The molecule has 9 heteroatoms. The van der Waals surface area contributed by atoms with Crippen LogP contribution in [0.15, 0.2) is 85.2 Å². The molecule has 3 aromatic heterocycles. The van der Waals surface area contributed by atoms with Gasteiger partial charge in [0.25, 0.3) is 0 Å². The van der Waals surface area contributed by atoms with E-state index in [9.17, 15) is 4.79 Å². The lowest BCUT2D eigenvalue weighted by Gasteiger charge is -2.34. The summed E-state index contributed by atoms with van der Waals surface area (Å²) in [6.45, 7) is 10.8. The molecule has 1 saturated heterocycles. The van der Waals surface area contributed by atoms with Gasteiger partial charge in [-0.15, -0.1) is 0 Å². The van der Waals surface area contributed by atoms with Crippen LogP contribution in [-0.4, -0.2) is 68.1 Å². The van der Waals surface area contributed by atoms with Gasteiger partial charge in [-0.25, -0.2) is 9.78 Å². The lowest BCUT2D eigenvalue weighted by molar-refractivity contribution is 0.132. The maximum Gasteiger partial charge on any atom is 0.330 e. The Bertz CT molecular complexity index is 1930. The Morgan fingerprint density at radius 3 is 2.32 bits per heavy atom. The minimum atomic E-state index is -0.232. The van der Waals surface area contributed by atoms with Gasteiger partial charge in [-0.3, -0.25) is 9.47 Å². The molecule has 1 aliphatic rings. The van der Waals surface area contributed by atoms with Crippen LogP contribution >= 0.6 is 0 Å². The maximum absolute atomic E-state index is 13.2. The Morgan fingerprint density at radius 2 is 1.61 bits per heavy atom. The van der Waals surface area contributed by atoms with Gasteiger partial charge in [0.2, 0.25) is 5.95 Å². The minimum Gasteiger partial charge on any atom is -0.368 e. The first-order chi connectivity index (χ1) is 21.4. The van der Waals surface area contributed by atoms with E-state index < -0.39 is 0 Å². The number of carbonyl (C=O) groups is 1. The molecule has 1 fully saturated rings. The number of nitrogens with one attached hydrogen (secondary N) is 2. The number of hydrogen-bond donors (Lipinski definition) is 3. The molecule has 0 saturated carbocycles. The number of H-pyrrole nitrogens is 1. The van der Waals surface area contributed by atoms with Crippen molar-refractivity contribution >= 4 is 39.5 Å². The van der Waals surface area contributed by atoms with E-state index in [-0.39, 0.29) is 12.0 Å². The van der Waals surface area contributed by atoms with Crippen LogP contribution < -0.4 is 11.1 Å². The number of benzene rings is 3. The number of aromatic nitrogens is 4. The quantitative estimate of drug-likeness (QED) is 0.210. The van der Waals surface area contributed by atoms with Crippen molar-refractivity contribution in [2.24, 2.45) is 0 Å². The molecule has 4 heterocycles. The summed E-state index contributed by atoms with van der Waals surface area (Å²) < 4.78 is 1.58. The molecule has 0 unspecified atom stereocenters. The minimum absolute atomic E-state index is 0.187.